The fourth-order valence-electron chi connectivity index (χ4n) is 2.09. The predicted molar refractivity (Wildman–Crippen MR) is 70.0 cm³/mol. The van der Waals surface area contributed by atoms with E-state index in [1.165, 1.54) is 6.92 Å². The van der Waals surface area contributed by atoms with E-state index in [0.717, 1.165) is 16.2 Å². The molecule has 0 saturated carbocycles. The maximum atomic E-state index is 11.7. The zero-order valence-corrected chi connectivity index (χ0v) is 9.77. The van der Waals surface area contributed by atoms with Crippen LogP contribution in [0.25, 0.3) is 21.7 Å². The lowest BCUT2D eigenvalue weighted by atomic mass is 10.1. The summed E-state index contributed by atoms with van der Waals surface area (Å²) in [5, 5.41) is 2.64. The molecular weight excluding hydrogens is 228 g/mol. The highest BCUT2D eigenvalue weighted by Crippen LogP contribution is 2.24. The van der Waals surface area contributed by atoms with E-state index in [1.807, 2.05) is 36.4 Å². The molecule has 0 amide bonds. The van der Waals surface area contributed by atoms with Crippen molar-refractivity contribution in [3.63, 3.8) is 0 Å². The van der Waals surface area contributed by atoms with Crippen molar-refractivity contribution in [2.24, 2.45) is 0 Å². The smallest absolute Gasteiger partial charge is 0.347 e. The Balaban J connectivity index is 2.50. The number of hydrogen-bond donors (Lipinski definition) is 0. The third-order valence-corrected chi connectivity index (χ3v) is 3.00. The van der Waals surface area contributed by atoms with Gasteiger partial charge in [-0.3, -0.25) is 4.79 Å². The number of ketones is 1. The Bertz CT molecular complexity index is 828. The summed E-state index contributed by atoms with van der Waals surface area (Å²) in [6.07, 6.45) is 0. The van der Waals surface area contributed by atoms with Crippen molar-refractivity contribution >= 4 is 27.5 Å². The first-order chi connectivity index (χ1) is 8.66. The van der Waals surface area contributed by atoms with Gasteiger partial charge in [0.2, 0.25) is 0 Å². The number of carbonyl (C=O) groups excluding carboxylic acids is 1. The van der Waals surface area contributed by atoms with E-state index in [0.29, 0.717) is 5.58 Å². The molecular formula is C15H10O3. The topological polar surface area (TPSA) is 47.3 Å². The summed E-state index contributed by atoms with van der Waals surface area (Å²) in [5.41, 5.74) is 0.0484. The molecule has 0 fully saturated rings. The van der Waals surface area contributed by atoms with Crippen LogP contribution in [-0.4, -0.2) is 5.78 Å². The lowest BCUT2D eigenvalue weighted by molar-refractivity contribution is 0.101. The van der Waals surface area contributed by atoms with Crippen molar-refractivity contribution < 1.29 is 9.21 Å². The highest BCUT2D eigenvalue weighted by Gasteiger charge is 2.10. The molecule has 0 saturated heterocycles. The summed E-state index contributed by atoms with van der Waals surface area (Å²) < 4.78 is 5.29. The first kappa shape index (κ1) is 10.7. The minimum absolute atomic E-state index is 0.0952. The molecule has 0 N–H and O–H groups in total. The van der Waals surface area contributed by atoms with Gasteiger partial charge in [-0.2, -0.15) is 0 Å². The summed E-state index contributed by atoms with van der Waals surface area (Å²) in [4.78, 5) is 23.0. The van der Waals surface area contributed by atoms with Crippen LogP contribution in [0.2, 0.25) is 0 Å². The molecule has 0 radical (unpaired) electrons. The molecule has 2 aromatic carbocycles. The Morgan fingerprint density at radius 3 is 2.56 bits per heavy atom. The number of fused-ring (bicyclic) bond motifs is 3. The molecule has 0 unspecified atom stereocenters. The summed E-state index contributed by atoms with van der Waals surface area (Å²) in [7, 11) is 0. The molecule has 3 nitrogen and oxygen atoms in total. The second-order valence-corrected chi connectivity index (χ2v) is 4.21. The third-order valence-electron chi connectivity index (χ3n) is 3.00. The molecule has 88 valence electrons. The monoisotopic (exact) mass is 238 g/mol. The molecule has 3 heteroatoms. The van der Waals surface area contributed by atoms with Crippen LogP contribution >= 0.6 is 0 Å². The van der Waals surface area contributed by atoms with Gasteiger partial charge in [-0.05, 0) is 18.4 Å². The van der Waals surface area contributed by atoms with Gasteiger partial charge in [0.25, 0.3) is 0 Å². The van der Waals surface area contributed by atoms with Crippen LogP contribution in [-0.2, 0) is 0 Å². The SMILES string of the molecule is CC(=O)c1cc2ccc3ccccc3c2oc1=O. The number of rotatable bonds is 1. The molecule has 3 aromatic rings. The Morgan fingerprint density at radius 1 is 1.06 bits per heavy atom. The van der Waals surface area contributed by atoms with E-state index < -0.39 is 5.63 Å². The molecule has 0 spiro atoms. The van der Waals surface area contributed by atoms with E-state index in [-0.39, 0.29) is 11.3 Å². The molecule has 0 atom stereocenters. The Kier molecular flexibility index (Phi) is 2.27. The number of carbonyl (C=O) groups is 1. The minimum atomic E-state index is -0.577. The van der Waals surface area contributed by atoms with Crippen LogP contribution in [0.5, 0.6) is 0 Å². The van der Waals surface area contributed by atoms with Crippen LogP contribution in [0.15, 0.2) is 51.7 Å². The van der Waals surface area contributed by atoms with Crippen molar-refractivity contribution in [2.45, 2.75) is 6.92 Å². The normalized spacial score (nSPS) is 10.9. The van der Waals surface area contributed by atoms with Gasteiger partial charge in [0.15, 0.2) is 5.78 Å². The van der Waals surface area contributed by atoms with Crippen molar-refractivity contribution in [2.75, 3.05) is 0 Å². The van der Waals surface area contributed by atoms with Crippen LogP contribution in [0.3, 0.4) is 0 Å². The molecule has 1 heterocycles. The average Bonchev–Trinajstić information content (AvgIpc) is 2.37. The standard InChI is InChI=1S/C15H10O3/c1-9(16)13-8-11-7-6-10-4-2-3-5-12(10)14(11)18-15(13)17/h2-8H,1H3. The van der Waals surface area contributed by atoms with Crippen molar-refractivity contribution in [1.82, 2.24) is 0 Å². The van der Waals surface area contributed by atoms with Crippen LogP contribution in [0.4, 0.5) is 0 Å². The number of Topliss-reactive ketones (excluding diaryl/α,β-unsaturated/α-hetero) is 1. The zero-order chi connectivity index (χ0) is 12.7. The summed E-state index contributed by atoms with van der Waals surface area (Å²) in [6, 6.07) is 13.1. The average molecular weight is 238 g/mol. The number of benzene rings is 2. The van der Waals surface area contributed by atoms with E-state index >= 15 is 0 Å². The van der Waals surface area contributed by atoms with Crippen molar-refractivity contribution in [3.8, 4) is 0 Å². The molecule has 3 rings (SSSR count). The Labute approximate surface area is 103 Å². The van der Waals surface area contributed by atoms with Gasteiger partial charge in [-0.25, -0.2) is 4.79 Å². The third kappa shape index (κ3) is 1.52. The highest BCUT2D eigenvalue weighted by atomic mass is 16.4. The van der Waals surface area contributed by atoms with Crippen molar-refractivity contribution in [1.29, 1.82) is 0 Å². The second kappa shape index (κ2) is 3.81. The number of hydrogen-bond acceptors (Lipinski definition) is 3. The van der Waals surface area contributed by atoms with Crippen molar-refractivity contribution in [3.05, 3.63) is 58.4 Å². The zero-order valence-electron chi connectivity index (χ0n) is 9.77. The fraction of sp³-hybridized carbons (Fsp3) is 0.0667. The van der Waals surface area contributed by atoms with E-state index in [1.54, 1.807) is 6.07 Å². The molecule has 18 heavy (non-hydrogen) atoms. The van der Waals surface area contributed by atoms with Gasteiger partial charge in [-0.15, -0.1) is 0 Å². The fourth-order valence-corrected chi connectivity index (χ4v) is 2.09. The van der Waals surface area contributed by atoms with Gasteiger partial charge < -0.3 is 4.42 Å². The molecule has 0 aliphatic heterocycles. The predicted octanol–water partition coefficient (Wildman–Crippen LogP) is 3.15. The first-order valence-corrected chi connectivity index (χ1v) is 5.63. The summed E-state index contributed by atoms with van der Waals surface area (Å²) >= 11 is 0. The van der Waals surface area contributed by atoms with Gasteiger partial charge in [0.1, 0.15) is 11.1 Å². The first-order valence-electron chi connectivity index (χ1n) is 5.63. The molecule has 0 aliphatic rings. The van der Waals surface area contributed by atoms with Crippen LogP contribution in [0, 0.1) is 0 Å². The van der Waals surface area contributed by atoms with E-state index in [4.69, 9.17) is 4.42 Å². The largest absolute Gasteiger partial charge is 0.422 e. The Morgan fingerprint density at radius 2 is 1.78 bits per heavy atom. The van der Waals surface area contributed by atoms with E-state index in [9.17, 15) is 9.59 Å². The highest BCUT2D eigenvalue weighted by molar-refractivity contribution is 6.05. The quantitative estimate of drug-likeness (QED) is 0.371. The summed E-state index contributed by atoms with van der Waals surface area (Å²) in [5.74, 6) is -0.279. The van der Waals surface area contributed by atoms with Crippen LogP contribution in [0.1, 0.15) is 17.3 Å². The minimum Gasteiger partial charge on any atom is -0.422 e. The maximum absolute atomic E-state index is 11.7. The van der Waals surface area contributed by atoms with Gasteiger partial charge in [0.05, 0.1) is 0 Å². The summed E-state index contributed by atoms with van der Waals surface area (Å²) in [6.45, 7) is 1.36. The molecule has 1 aromatic heterocycles. The maximum Gasteiger partial charge on any atom is 0.347 e. The lowest BCUT2D eigenvalue weighted by Crippen LogP contribution is -2.10. The van der Waals surface area contributed by atoms with Gasteiger partial charge >= 0.3 is 5.63 Å². The Hall–Kier alpha value is -2.42. The molecule has 0 aliphatic carbocycles. The van der Waals surface area contributed by atoms with Gasteiger partial charge in [0, 0.05) is 10.8 Å². The lowest BCUT2D eigenvalue weighted by Gasteiger charge is -2.03. The van der Waals surface area contributed by atoms with Crippen LogP contribution < -0.4 is 5.63 Å². The van der Waals surface area contributed by atoms with Gasteiger partial charge in [-0.1, -0.05) is 36.4 Å². The van der Waals surface area contributed by atoms with E-state index in [2.05, 4.69) is 0 Å². The second-order valence-electron chi connectivity index (χ2n) is 4.21. The molecule has 0 bridgehead atoms.